The summed E-state index contributed by atoms with van der Waals surface area (Å²) in [6.45, 7) is 0.770. The molecule has 14 heavy (non-hydrogen) atoms. The number of hydrogen-bond acceptors (Lipinski definition) is 3. The molecule has 1 aromatic rings. The summed E-state index contributed by atoms with van der Waals surface area (Å²) < 4.78 is 10.2. The molecule has 76 valence electrons. The fourth-order valence-corrected chi connectivity index (χ4v) is 1.52. The van der Waals surface area contributed by atoms with Gasteiger partial charge in [-0.1, -0.05) is 18.2 Å². The monoisotopic (exact) mass is 194 g/mol. The molecule has 1 fully saturated rings. The van der Waals surface area contributed by atoms with Crippen LogP contribution in [0.15, 0.2) is 24.3 Å². The van der Waals surface area contributed by atoms with E-state index in [4.69, 9.17) is 9.47 Å². The van der Waals surface area contributed by atoms with Crippen molar-refractivity contribution in [2.45, 2.75) is 18.6 Å². The Bertz CT molecular complexity index is 307. The average Bonchev–Trinajstić information content (AvgIpc) is 3.01. The molecule has 0 bridgehead atoms. The van der Waals surface area contributed by atoms with E-state index < -0.39 is 6.10 Å². The van der Waals surface area contributed by atoms with E-state index in [2.05, 4.69) is 0 Å². The Morgan fingerprint density at radius 1 is 1.57 bits per heavy atom. The highest BCUT2D eigenvalue weighted by Gasteiger charge is 2.27. The van der Waals surface area contributed by atoms with Crippen molar-refractivity contribution in [2.75, 3.05) is 13.7 Å². The molecular weight excluding hydrogens is 180 g/mol. The molecule has 2 rings (SSSR count). The van der Waals surface area contributed by atoms with Crippen molar-refractivity contribution >= 4 is 0 Å². The normalized spacial score (nSPS) is 21.7. The molecule has 1 aliphatic rings. The van der Waals surface area contributed by atoms with Crippen molar-refractivity contribution in [1.82, 2.24) is 0 Å². The molecular formula is C11H14O3. The van der Waals surface area contributed by atoms with E-state index >= 15 is 0 Å². The zero-order valence-corrected chi connectivity index (χ0v) is 8.14. The molecule has 0 aromatic heterocycles. The molecule has 1 heterocycles. The number of para-hydroxylation sites is 1. The van der Waals surface area contributed by atoms with Crippen molar-refractivity contribution in [1.29, 1.82) is 0 Å². The molecule has 2 atom stereocenters. The Hall–Kier alpha value is -1.06. The van der Waals surface area contributed by atoms with Gasteiger partial charge in [-0.3, -0.25) is 0 Å². The maximum absolute atomic E-state index is 9.88. The SMILES string of the molecule is COc1ccccc1C(O)CC1CO1. The van der Waals surface area contributed by atoms with E-state index in [9.17, 15) is 5.11 Å². The van der Waals surface area contributed by atoms with Crippen molar-refractivity contribution in [3.8, 4) is 5.75 Å². The predicted octanol–water partition coefficient (Wildman–Crippen LogP) is 1.52. The van der Waals surface area contributed by atoms with Crippen molar-refractivity contribution in [3.63, 3.8) is 0 Å². The molecule has 0 saturated carbocycles. The Labute approximate surface area is 83.3 Å². The van der Waals surface area contributed by atoms with Gasteiger partial charge >= 0.3 is 0 Å². The molecule has 3 heteroatoms. The molecule has 1 saturated heterocycles. The molecule has 2 unspecified atom stereocenters. The maximum atomic E-state index is 9.88. The topological polar surface area (TPSA) is 42.0 Å². The highest BCUT2D eigenvalue weighted by Crippen LogP contribution is 2.30. The number of rotatable bonds is 4. The van der Waals surface area contributed by atoms with Gasteiger partial charge in [-0.2, -0.15) is 0 Å². The van der Waals surface area contributed by atoms with Crippen LogP contribution < -0.4 is 4.74 Å². The van der Waals surface area contributed by atoms with E-state index in [-0.39, 0.29) is 6.10 Å². The van der Waals surface area contributed by atoms with Gasteiger partial charge in [-0.05, 0) is 6.07 Å². The summed E-state index contributed by atoms with van der Waals surface area (Å²) in [6, 6.07) is 7.52. The fraction of sp³-hybridized carbons (Fsp3) is 0.455. The van der Waals surface area contributed by atoms with E-state index in [0.29, 0.717) is 6.42 Å². The van der Waals surface area contributed by atoms with Gasteiger partial charge in [0.1, 0.15) is 5.75 Å². The van der Waals surface area contributed by atoms with Crippen molar-refractivity contribution < 1.29 is 14.6 Å². The third-order valence-electron chi connectivity index (χ3n) is 2.39. The second-order valence-corrected chi connectivity index (χ2v) is 3.45. The Kier molecular flexibility index (Phi) is 2.70. The van der Waals surface area contributed by atoms with E-state index in [0.717, 1.165) is 17.9 Å². The lowest BCUT2D eigenvalue weighted by atomic mass is 10.0. The number of hydrogen-bond donors (Lipinski definition) is 1. The van der Waals surface area contributed by atoms with Crippen LogP contribution >= 0.6 is 0 Å². The third kappa shape index (κ3) is 2.05. The summed E-state index contributed by atoms with van der Waals surface area (Å²) in [6.07, 6.45) is 0.397. The predicted molar refractivity (Wildman–Crippen MR) is 52.3 cm³/mol. The Morgan fingerprint density at radius 3 is 2.93 bits per heavy atom. The van der Waals surface area contributed by atoms with Crippen molar-refractivity contribution in [3.05, 3.63) is 29.8 Å². The molecule has 0 aliphatic carbocycles. The van der Waals surface area contributed by atoms with Gasteiger partial charge in [0.15, 0.2) is 0 Å². The smallest absolute Gasteiger partial charge is 0.124 e. The van der Waals surface area contributed by atoms with Crippen LogP contribution in [0.25, 0.3) is 0 Å². The first-order valence-corrected chi connectivity index (χ1v) is 4.74. The van der Waals surface area contributed by atoms with Crippen LogP contribution in [-0.2, 0) is 4.74 Å². The zero-order valence-electron chi connectivity index (χ0n) is 8.14. The number of aliphatic hydroxyl groups is 1. The first kappa shape index (κ1) is 9.49. The summed E-state index contributed by atoms with van der Waals surface area (Å²) in [4.78, 5) is 0. The minimum Gasteiger partial charge on any atom is -0.496 e. The molecule has 1 N–H and O–H groups in total. The van der Waals surface area contributed by atoms with Crippen molar-refractivity contribution in [2.24, 2.45) is 0 Å². The standard InChI is InChI=1S/C11H14O3/c1-13-11-5-3-2-4-9(11)10(12)6-8-7-14-8/h2-5,8,10,12H,6-7H2,1H3. The number of benzene rings is 1. The minimum absolute atomic E-state index is 0.231. The fourth-order valence-electron chi connectivity index (χ4n) is 1.52. The van der Waals surface area contributed by atoms with E-state index in [1.807, 2.05) is 24.3 Å². The molecule has 1 aliphatic heterocycles. The maximum Gasteiger partial charge on any atom is 0.124 e. The Morgan fingerprint density at radius 2 is 2.29 bits per heavy atom. The largest absolute Gasteiger partial charge is 0.496 e. The number of methoxy groups -OCH3 is 1. The minimum atomic E-state index is -0.487. The Balaban J connectivity index is 2.11. The summed E-state index contributed by atoms with van der Waals surface area (Å²) in [5.41, 5.74) is 0.838. The van der Waals surface area contributed by atoms with Crippen LogP contribution in [0, 0.1) is 0 Å². The summed E-state index contributed by atoms with van der Waals surface area (Å²) in [7, 11) is 1.61. The van der Waals surface area contributed by atoms with Crippen LogP contribution in [0.1, 0.15) is 18.1 Å². The van der Waals surface area contributed by atoms with Crippen LogP contribution in [0.3, 0.4) is 0 Å². The van der Waals surface area contributed by atoms with Crippen LogP contribution in [0.2, 0.25) is 0 Å². The molecule has 0 spiro atoms. The lowest BCUT2D eigenvalue weighted by Crippen LogP contribution is -2.03. The molecule has 1 aromatic carbocycles. The van der Waals surface area contributed by atoms with Gasteiger partial charge in [-0.25, -0.2) is 0 Å². The summed E-state index contributed by atoms with van der Waals surface area (Å²) in [5, 5.41) is 9.88. The van der Waals surface area contributed by atoms with Gasteiger partial charge in [0, 0.05) is 12.0 Å². The number of ether oxygens (including phenoxy) is 2. The second kappa shape index (κ2) is 3.98. The van der Waals surface area contributed by atoms with Gasteiger partial charge in [-0.15, -0.1) is 0 Å². The van der Waals surface area contributed by atoms with E-state index in [1.165, 1.54) is 0 Å². The van der Waals surface area contributed by atoms with Gasteiger partial charge in [0.25, 0.3) is 0 Å². The lowest BCUT2D eigenvalue weighted by molar-refractivity contribution is 0.150. The second-order valence-electron chi connectivity index (χ2n) is 3.45. The molecule has 0 radical (unpaired) electrons. The number of aliphatic hydroxyl groups excluding tert-OH is 1. The summed E-state index contributed by atoms with van der Waals surface area (Å²) >= 11 is 0. The summed E-state index contributed by atoms with van der Waals surface area (Å²) in [5.74, 6) is 0.737. The van der Waals surface area contributed by atoms with Gasteiger partial charge in [0.05, 0.1) is 25.9 Å². The quantitative estimate of drug-likeness (QED) is 0.739. The molecule has 0 amide bonds. The van der Waals surface area contributed by atoms with Gasteiger partial charge in [0.2, 0.25) is 0 Å². The molecule has 3 nitrogen and oxygen atoms in total. The third-order valence-corrected chi connectivity index (χ3v) is 2.39. The first-order chi connectivity index (χ1) is 6.81. The van der Waals surface area contributed by atoms with Crippen LogP contribution in [0.4, 0.5) is 0 Å². The highest BCUT2D eigenvalue weighted by atomic mass is 16.6. The first-order valence-electron chi connectivity index (χ1n) is 4.74. The van der Waals surface area contributed by atoms with Gasteiger partial charge < -0.3 is 14.6 Å². The number of epoxide rings is 1. The lowest BCUT2D eigenvalue weighted by Gasteiger charge is -2.13. The zero-order chi connectivity index (χ0) is 9.97. The van der Waals surface area contributed by atoms with Crippen LogP contribution in [-0.4, -0.2) is 24.9 Å². The highest BCUT2D eigenvalue weighted by molar-refractivity contribution is 5.35. The van der Waals surface area contributed by atoms with E-state index in [1.54, 1.807) is 7.11 Å². The average molecular weight is 194 g/mol. The van der Waals surface area contributed by atoms with Crippen LogP contribution in [0.5, 0.6) is 5.75 Å².